The average Bonchev–Trinajstić information content (AvgIpc) is 2.27. The van der Waals surface area contributed by atoms with Gasteiger partial charge in [0.2, 0.25) is 10.0 Å². The number of rotatable bonds is 2. The summed E-state index contributed by atoms with van der Waals surface area (Å²) in [7, 11) is -3.52. The number of sulfonamides is 1. The molecule has 1 aromatic rings. The molecule has 0 aromatic heterocycles. The molecule has 98 valence electrons. The summed E-state index contributed by atoms with van der Waals surface area (Å²) in [6.45, 7) is 3.77. The molecule has 1 heterocycles. The van der Waals surface area contributed by atoms with Crippen LogP contribution in [0.3, 0.4) is 0 Å². The predicted molar refractivity (Wildman–Crippen MR) is 65.9 cm³/mol. The van der Waals surface area contributed by atoms with Gasteiger partial charge in [-0.1, -0.05) is 6.07 Å². The van der Waals surface area contributed by atoms with E-state index >= 15 is 0 Å². The van der Waals surface area contributed by atoms with Crippen molar-refractivity contribution >= 4 is 16.0 Å². The van der Waals surface area contributed by atoms with Gasteiger partial charge in [-0.2, -0.15) is 0 Å². The summed E-state index contributed by atoms with van der Waals surface area (Å²) >= 11 is 0. The molecule has 0 saturated carbocycles. The molecule has 18 heavy (non-hydrogen) atoms. The van der Waals surface area contributed by atoms with Crippen LogP contribution in [0.1, 0.15) is 29.8 Å². The Balaban J connectivity index is 2.46. The Kier molecular flexibility index (Phi) is 3.41. The highest BCUT2D eigenvalue weighted by Gasteiger charge is 2.28. The number of hydrogen-bond acceptors (Lipinski definition) is 4. The number of benzene rings is 1. The maximum Gasteiger partial charge on any atom is 0.338 e. The molecule has 0 saturated heterocycles. The maximum absolute atomic E-state index is 12.0. The van der Waals surface area contributed by atoms with Gasteiger partial charge in [-0.3, -0.25) is 0 Å². The predicted octanol–water partition coefficient (Wildman–Crippen LogP) is 1.09. The van der Waals surface area contributed by atoms with E-state index < -0.39 is 16.0 Å². The zero-order valence-electron chi connectivity index (χ0n) is 10.3. The Labute approximate surface area is 106 Å². The van der Waals surface area contributed by atoms with Gasteiger partial charge in [-0.25, -0.2) is 17.9 Å². The quantitative estimate of drug-likeness (QED) is 0.816. The molecule has 0 radical (unpaired) electrons. The van der Waals surface area contributed by atoms with E-state index in [4.69, 9.17) is 4.74 Å². The zero-order chi connectivity index (χ0) is 13.3. The first kappa shape index (κ1) is 13.0. The first-order valence-electron chi connectivity index (χ1n) is 5.76. The van der Waals surface area contributed by atoms with Gasteiger partial charge < -0.3 is 4.74 Å². The van der Waals surface area contributed by atoms with E-state index in [9.17, 15) is 13.2 Å². The Morgan fingerprint density at radius 3 is 2.89 bits per heavy atom. The van der Waals surface area contributed by atoms with Crippen LogP contribution in [0, 0.1) is 0 Å². The molecule has 1 N–H and O–H groups in total. The van der Waals surface area contributed by atoms with Crippen molar-refractivity contribution in [1.29, 1.82) is 0 Å². The Hall–Kier alpha value is -1.40. The zero-order valence-corrected chi connectivity index (χ0v) is 11.1. The number of nitrogens with one attached hydrogen (secondary N) is 1. The lowest BCUT2D eigenvalue weighted by atomic mass is 10.1. The van der Waals surface area contributed by atoms with Crippen LogP contribution in [-0.2, 0) is 21.2 Å². The summed E-state index contributed by atoms with van der Waals surface area (Å²) < 4.78 is 31.3. The van der Waals surface area contributed by atoms with Crippen molar-refractivity contribution in [2.75, 3.05) is 6.61 Å². The fourth-order valence-electron chi connectivity index (χ4n) is 2.01. The first-order chi connectivity index (χ1) is 8.44. The van der Waals surface area contributed by atoms with Crippen LogP contribution in [0.2, 0.25) is 0 Å². The van der Waals surface area contributed by atoms with Crippen molar-refractivity contribution in [1.82, 2.24) is 4.72 Å². The lowest BCUT2D eigenvalue weighted by molar-refractivity contribution is 0.0526. The Morgan fingerprint density at radius 2 is 2.22 bits per heavy atom. The van der Waals surface area contributed by atoms with Gasteiger partial charge in [0.05, 0.1) is 17.1 Å². The van der Waals surface area contributed by atoms with E-state index in [-0.39, 0.29) is 23.1 Å². The molecular weight excluding hydrogens is 254 g/mol. The van der Waals surface area contributed by atoms with Crippen LogP contribution in [-0.4, -0.2) is 27.0 Å². The third kappa shape index (κ3) is 2.39. The number of carbonyl (C=O) groups excluding carboxylic acids is 1. The molecule has 0 amide bonds. The Morgan fingerprint density at radius 1 is 1.50 bits per heavy atom. The SMILES string of the molecule is CCOC(=O)c1ccc2c(c1)S(=O)(=O)N[C@H](C)C2. The molecule has 0 unspecified atom stereocenters. The smallest absolute Gasteiger partial charge is 0.338 e. The van der Waals surface area contributed by atoms with E-state index in [1.54, 1.807) is 26.0 Å². The minimum Gasteiger partial charge on any atom is -0.462 e. The second kappa shape index (κ2) is 4.70. The highest BCUT2D eigenvalue weighted by Crippen LogP contribution is 2.24. The second-order valence-electron chi connectivity index (χ2n) is 4.27. The van der Waals surface area contributed by atoms with E-state index in [2.05, 4.69) is 4.72 Å². The lowest BCUT2D eigenvalue weighted by Gasteiger charge is -2.23. The standard InChI is InChI=1S/C12H15NO4S/c1-3-17-12(14)10-5-4-9-6-8(2)13-18(15,16)11(9)7-10/h4-5,7-8,13H,3,6H2,1-2H3/t8-/m1/s1. The number of ether oxygens (including phenoxy) is 1. The van der Waals surface area contributed by atoms with Crippen molar-refractivity contribution in [3.63, 3.8) is 0 Å². The van der Waals surface area contributed by atoms with E-state index in [0.717, 1.165) is 5.56 Å². The van der Waals surface area contributed by atoms with Crippen LogP contribution in [0.5, 0.6) is 0 Å². The maximum atomic E-state index is 12.0. The van der Waals surface area contributed by atoms with Crippen molar-refractivity contribution in [3.05, 3.63) is 29.3 Å². The molecule has 1 aliphatic heterocycles. The molecule has 2 rings (SSSR count). The summed E-state index contributed by atoms with van der Waals surface area (Å²) in [5.41, 5.74) is 0.991. The molecule has 1 aliphatic rings. The van der Waals surface area contributed by atoms with Crippen molar-refractivity contribution < 1.29 is 17.9 Å². The highest BCUT2D eigenvalue weighted by atomic mass is 32.2. The van der Waals surface area contributed by atoms with Crippen LogP contribution in [0.25, 0.3) is 0 Å². The van der Waals surface area contributed by atoms with Gasteiger partial charge in [0, 0.05) is 6.04 Å². The summed E-state index contributed by atoms with van der Waals surface area (Å²) in [5.74, 6) is -0.505. The fourth-order valence-corrected chi connectivity index (χ4v) is 3.53. The van der Waals surface area contributed by atoms with Crippen LogP contribution >= 0.6 is 0 Å². The summed E-state index contributed by atoms with van der Waals surface area (Å²) in [6.07, 6.45) is 0.623. The fraction of sp³-hybridized carbons (Fsp3) is 0.417. The molecule has 0 bridgehead atoms. The van der Waals surface area contributed by atoms with E-state index in [1.165, 1.54) is 6.07 Å². The molecule has 6 heteroatoms. The molecule has 1 aromatic carbocycles. The first-order valence-corrected chi connectivity index (χ1v) is 7.24. The minimum atomic E-state index is -3.52. The van der Waals surface area contributed by atoms with Gasteiger partial charge >= 0.3 is 5.97 Å². The second-order valence-corrected chi connectivity index (χ2v) is 5.95. The number of esters is 1. The lowest BCUT2D eigenvalue weighted by Crippen LogP contribution is -2.39. The van der Waals surface area contributed by atoms with Gasteiger partial charge in [-0.15, -0.1) is 0 Å². The average molecular weight is 269 g/mol. The third-order valence-electron chi connectivity index (χ3n) is 2.75. The summed E-state index contributed by atoms with van der Waals surface area (Å²) in [5, 5.41) is 0. The van der Waals surface area contributed by atoms with Gasteiger partial charge in [-0.05, 0) is 38.0 Å². The molecule has 1 atom stereocenters. The molecule has 0 aliphatic carbocycles. The molecule has 0 fully saturated rings. The van der Waals surface area contributed by atoms with Crippen molar-refractivity contribution in [3.8, 4) is 0 Å². The van der Waals surface area contributed by atoms with Gasteiger partial charge in [0.25, 0.3) is 0 Å². The molecular formula is C12H15NO4S. The van der Waals surface area contributed by atoms with Crippen LogP contribution in [0.15, 0.2) is 23.1 Å². The van der Waals surface area contributed by atoms with E-state index in [1.807, 2.05) is 0 Å². The van der Waals surface area contributed by atoms with E-state index in [0.29, 0.717) is 6.42 Å². The topological polar surface area (TPSA) is 72.5 Å². The monoisotopic (exact) mass is 269 g/mol. The summed E-state index contributed by atoms with van der Waals surface area (Å²) in [4.78, 5) is 11.7. The largest absolute Gasteiger partial charge is 0.462 e. The molecule has 5 nitrogen and oxygen atoms in total. The molecule has 0 spiro atoms. The minimum absolute atomic E-state index is 0.129. The normalized spacial score (nSPS) is 21.1. The van der Waals surface area contributed by atoms with Crippen molar-refractivity contribution in [2.45, 2.75) is 31.2 Å². The third-order valence-corrected chi connectivity index (χ3v) is 4.42. The van der Waals surface area contributed by atoms with Crippen molar-refractivity contribution in [2.24, 2.45) is 0 Å². The number of fused-ring (bicyclic) bond motifs is 1. The highest BCUT2D eigenvalue weighted by molar-refractivity contribution is 7.89. The Bertz CT molecular complexity index is 580. The number of hydrogen-bond donors (Lipinski definition) is 1. The van der Waals surface area contributed by atoms with Crippen LogP contribution in [0.4, 0.5) is 0 Å². The van der Waals surface area contributed by atoms with Gasteiger partial charge in [0.15, 0.2) is 0 Å². The number of carbonyl (C=O) groups is 1. The van der Waals surface area contributed by atoms with Gasteiger partial charge in [0.1, 0.15) is 0 Å². The van der Waals surface area contributed by atoms with Crippen LogP contribution < -0.4 is 4.72 Å². The summed E-state index contributed by atoms with van der Waals surface area (Å²) in [6, 6.07) is 4.53.